The van der Waals surface area contributed by atoms with Crippen LogP contribution < -0.4 is 15.4 Å². The first-order valence-corrected chi connectivity index (χ1v) is 7.64. The van der Waals surface area contributed by atoms with Gasteiger partial charge in [-0.15, -0.1) is 0 Å². The maximum absolute atomic E-state index is 12.4. The molecule has 0 saturated heterocycles. The summed E-state index contributed by atoms with van der Waals surface area (Å²) in [5.41, 5.74) is 0.436. The van der Waals surface area contributed by atoms with Crippen molar-refractivity contribution in [3.63, 3.8) is 0 Å². The maximum atomic E-state index is 12.4. The monoisotopic (exact) mass is 367 g/mol. The van der Waals surface area contributed by atoms with Gasteiger partial charge in [-0.05, 0) is 37.3 Å². The average molecular weight is 367 g/mol. The van der Waals surface area contributed by atoms with Crippen molar-refractivity contribution in [1.29, 1.82) is 0 Å². The summed E-state index contributed by atoms with van der Waals surface area (Å²) in [5.74, 6) is -1.25. The van der Waals surface area contributed by atoms with E-state index in [4.69, 9.17) is 4.74 Å². The lowest BCUT2D eigenvalue weighted by Gasteiger charge is -2.11. The summed E-state index contributed by atoms with van der Waals surface area (Å²) >= 11 is 0. The molecule has 1 aromatic heterocycles. The molecule has 9 heteroatoms. The van der Waals surface area contributed by atoms with Crippen LogP contribution in [0.2, 0.25) is 0 Å². The molecule has 6 nitrogen and oxygen atoms in total. The zero-order valence-corrected chi connectivity index (χ0v) is 13.8. The number of carbonyl (C=O) groups excluding carboxylic acids is 2. The van der Waals surface area contributed by atoms with Gasteiger partial charge in [0.1, 0.15) is 12.1 Å². The average Bonchev–Trinajstić information content (AvgIpc) is 2.60. The van der Waals surface area contributed by atoms with E-state index >= 15 is 0 Å². The summed E-state index contributed by atoms with van der Waals surface area (Å²) in [6.45, 7) is 0.640. The standard InChI is InChI=1S/C17H16F3N3O3/c1-2-26-16-13(7-4-8-21-16)15(25)23-12-6-3-5-11(9-12)14(24)22-10-17(18,19)20/h3-9H,2,10H2,1H3,(H,22,24)(H,23,25). The van der Waals surface area contributed by atoms with E-state index in [1.807, 2.05) is 0 Å². The van der Waals surface area contributed by atoms with Gasteiger partial charge >= 0.3 is 6.18 Å². The summed E-state index contributed by atoms with van der Waals surface area (Å²) in [6, 6.07) is 8.67. The molecule has 0 spiro atoms. The van der Waals surface area contributed by atoms with Crippen molar-refractivity contribution in [2.45, 2.75) is 13.1 Å². The minimum absolute atomic E-state index is 0.0109. The fourth-order valence-corrected chi connectivity index (χ4v) is 2.03. The van der Waals surface area contributed by atoms with Crippen molar-refractivity contribution < 1.29 is 27.5 Å². The number of hydrogen-bond donors (Lipinski definition) is 2. The molecule has 0 unspecified atom stereocenters. The first kappa shape index (κ1) is 19.2. The molecule has 1 heterocycles. The van der Waals surface area contributed by atoms with Crippen molar-refractivity contribution in [2.24, 2.45) is 0 Å². The molecule has 1 aromatic carbocycles. The van der Waals surface area contributed by atoms with E-state index in [-0.39, 0.29) is 22.7 Å². The number of carbonyl (C=O) groups is 2. The van der Waals surface area contributed by atoms with Gasteiger partial charge in [-0.1, -0.05) is 6.07 Å². The van der Waals surface area contributed by atoms with Gasteiger partial charge in [-0.25, -0.2) is 4.98 Å². The third kappa shape index (κ3) is 5.47. The molecule has 0 aliphatic carbocycles. The number of amides is 2. The Hall–Kier alpha value is -3.10. The van der Waals surface area contributed by atoms with E-state index in [1.54, 1.807) is 18.3 Å². The Morgan fingerprint density at radius 2 is 1.92 bits per heavy atom. The van der Waals surface area contributed by atoms with E-state index in [0.29, 0.717) is 6.61 Å². The lowest BCUT2D eigenvalue weighted by Crippen LogP contribution is -2.33. The van der Waals surface area contributed by atoms with Gasteiger partial charge in [0.15, 0.2) is 0 Å². The molecule has 0 bridgehead atoms. The van der Waals surface area contributed by atoms with Crippen LogP contribution in [-0.4, -0.2) is 36.1 Å². The lowest BCUT2D eigenvalue weighted by molar-refractivity contribution is -0.123. The largest absolute Gasteiger partial charge is 0.477 e. The molecule has 0 radical (unpaired) electrons. The first-order chi connectivity index (χ1) is 12.3. The summed E-state index contributed by atoms with van der Waals surface area (Å²) in [5, 5.41) is 4.33. The summed E-state index contributed by atoms with van der Waals surface area (Å²) in [7, 11) is 0. The van der Waals surface area contributed by atoms with Gasteiger partial charge in [0.25, 0.3) is 11.8 Å². The Morgan fingerprint density at radius 3 is 2.62 bits per heavy atom. The number of ether oxygens (including phenoxy) is 1. The smallest absolute Gasteiger partial charge is 0.405 e. The molecular formula is C17H16F3N3O3. The third-order valence-corrected chi connectivity index (χ3v) is 3.13. The molecule has 0 aliphatic rings. The van der Waals surface area contributed by atoms with Crippen molar-refractivity contribution in [3.8, 4) is 5.88 Å². The van der Waals surface area contributed by atoms with Gasteiger partial charge in [-0.2, -0.15) is 13.2 Å². The predicted octanol–water partition coefficient (Wildman–Crippen LogP) is 3.02. The number of nitrogens with zero attached hydrogens (tertiary/aromatic N) is 1. The maximum Gasteiger partial charge on any atom is 0.405 e. The lowest BCUT2D eigenvalue weighted by atomic mass is 10.1. The van der Waals surface area contributed by atoms with E-state index in [2.05, 4.69) is 10.3 Å². The Morgan fingerprint density at radius 1 is 1.15 bits per heavy atom. The number of pyridine rings is 1. The summed E-state index contributed by atoms with van der Waals surface area (Å²) in [4.78, 5) is 28.1. The molecule has 0 saturated carbocycles. The topological polar surface area (TPSA) is 80.3 Å². The second-order valence-electron chi connectivity index (χ2n) is 5.12. The molecule has 2 rings (SSSR count). The molecule has 2 aromatic rings. The van der Waals surface area contributed by atoms with Crippen molar-refractivity contribution >= 4 is 17.5 Å². The highest BCUT2D eigenvalue weighted by molar-refractivity contribution is 6.06. The summed E-state index contributed by atoms with van der Waals surface area (Å²) < 4.78 is 41.8. The van der Waals surface area contributed by atoms with Crippen LogP contribution >= 0.6 is 0 Å². The van der Waals surface area contributed by atoms with Crippen LogP contribution in [0.3, 0.4) is 0 Å². The number of nitrogens with one attached hydrogen (secondary N) is 2. The van der Waals surface area contributed by atoms with Crippen LogP contribution in [-0.2, 0) is 0 Å². The SMILES string of the molecule is CCOc1ncccc1C(=O)Nc1cccc(C(=O)NCC(F)(F)F)c1. The molecule has 2 amide bonds. The molecule has 0 atom stereocenters. The number of hydrogen-bond acceptors (Lipinski definition) is 4. The molecule has 0 aliphatic heterocycles. The van der Waals surface area contributed by atoms with Crippen molar-refractivity contribution in [2.75, 3.05) is 18.5 Å². The number of rotatable bonds is 6. The van der Waals surface area contributed by atoms with E-state index in [1.165, 1.54) is 36.5 Å². The number of anilines is 1. The van der Waals surface area contributed by atoms with E-state index in [0.717, 1.165) is 0 Å². The highest BCUT2D eigenvalue weighted by atomic mass is 19.4. The molecule has 26 heavy (non-hydrogen) atoms. The van der Waals surface area contributed by atoms with Crippen LogP contribution in [0.1, 0.15) is 27.6 Å². The van der Waals surface area contributed by atoms with Crippen LogP contribution in [0.15, 0.2) is 42.6 Å². The van der Waals surface area contributed by atoms with E-state index in [9.17, 15) is 22.8 Å². The van der Waals surface area contributed by atoms with Crippen LogP contribution in [0.5, 0.6) is 5.88 Å². The van der Waals surface area contributed by atoms with E-state index < -0.39 is 24.5 Å². The normalized spacial score (nSPS) is 10.9. The van der Waals surface area contributed by atoms with Gasteiger partial charge in [-0.3, -0.25) is 9.59 Å². The number of aromatic nitrogens is 1. The van der Waals surface area contributed by atoms with Crippen LogP contribution in [0, 0.1) is 0 Å². The molecular weight excluding hydrogens is 351 g/mol. The van der Waals surface area contributed by atoms with Gasteiger partial charge in [0.05, 0.1) is 6.61 Å². The second-order valence-corrected chi connectivity index (χ2v) is 5.12. The summed E-state index contributed by atoms with van der Waals surface area (Å²) in [6.07, 6.45) is -3.02. The Labute approximate surface area is 147 Å². The van der Waals surface area contributed by atoms with Crippen molar-refractivity contribution in [3.05, 3.63) is 53.7 Å². The molecule has 138 valence electrons. The van der Waals surface area contributed by atoms with Gasteiger partial charge in [0, 0.05) is 17.4 Å². The number of benzene rings is 1. The third-order valence-electron chi connectivity index (χ3n) is 3.13. The Bertz CT molecular complexity index is 794. The minimum Gasteiger partial charge on any atom is -0.477 e. The van der Waals surface area contributed by atoms with Crippen molar-refractivity contribution in [1.82, 2.24) is 10.3 Å². The highest BCUT2D eigenvalue weighted by Gasteiger charge is 2.28. The minimum atomic E-state index is -4.50. The zero-order valence-electron chi connectivity index (χ0n) is 13.8. The highest BCUT2D eigenvalue weighted by Crippen LogP contribution is 2.18. The van der Waals surface area contributed by atoms with Gasteiger partial charge < -0.3 is 15.4 Å². The second kappa shape index (κ2) is 8.32. The Kier molecular flexibility index (Phi) is 6.16. The zero-order chi connectivity index (χ0) is 19.2. The van der Waals surface area contributed by atoms with Crippen LogP contribution in [0.4, 0.5) is 18.9 Å². The Balaban J connectivity index is 2.11. The number of halogens is 3. The van der Waals surface area contributed by atoms with Crippen LogP contribution in [0.25, 0.3) is 0 Å². The molecule has 0 fully saturated rings. The number of alkyl halides is 3. The predicted molar refractivity (Wildman–Crippen MR) is 88.2 cm³/mol. The quantitative estimate of drug-likeness (QED) is 0.823. The molecule has 2 N–H and O–H groups in total. The fourth-order valence-electron chi connectivity index (χ4n) is 2.03. The first-order valence-electron chi connectivity index (χ1n) is 7.64. The fraction of sp³-hybridized carbons (Fsp3) is 0.235. The van der Waals surface area contributed by atoms with Gasteiger partial charge in [0.2, 0.25) is 5.88 Å².